The van der Waals surface area contributed by atoms with Gasteiger partial charge in [-0.3, -0.25) is 9.11 Å². The number of carboxylic acid groups (broad SMARTS) is 1. The first-order valence-electron chi connectivity index (χ1n) is 12.4. The molecule has 0 radical (unpaired) electrons. The molecule has 0 aromatic heterocycles. The van der Waals surface area contributed by atoms with Crippen LogP contribution in [0.3, 0.4) is 0 Å². The number of hydrogen-bond acceptors (Lipinski definition) is 19. The molecule has 15 atom stereocenters. The van der Waals surface area contributed by atoms with Crippen molar-refractivity contribution < 1.29 is 93.4 Å². The molecule has 3 fully saturated rings. The Balaban J connectivity index is 1.79. The van der Waals surface area contributed by atoms with Gasteiger partial charge < -0.3 is 65.8 Å². The summed E-state index contributed by atoms with van der Waals surface area (Å²) in [7, 11) is -10.0. The SMILES string of the molecule is C[C@H]1OC(COS(=O)(=O)O)[C@@H](O[C@@H]2OC(C(=O)O)[C@@H](O[C@H]3OC(COS(=O)(=O)O)[C@@H](O)[C@H](O)C3N)[C@H](O)C2O)[C@H](O)C1N. The molecule has 0 aromatic rings. The van der Waals surface area contributed by atoms with E-state index in [2.05, 4.69) is 8.37 Å². The molecule has 0 spiro atoms. The van der Waals surface area contributed by atoms with Crippen molar-refractivity contribution in [2.75, 3.05) is 13.2 Å². The van der Waals surface area contributed by atoms with Gasteiger partial charge in [0.1, 0.15) is 54.9 Å². The van der Waals surface area contributed by atoms with Crippen LogP contribution in [-0.2, 0) is 57.6 Å². The fraction of sp³-hybridized carbons (Fsp3) is 0.947. The summed E-state index contributed by atoms with van der Waals surface area (Å²) in [5.74, 6) is -1.81. The van der Waals surface area contributed by atoms with Crippen LogP contribution < -0.4 is 11.5 Å². The lowest BCUT2D eigenvalue weighted by atomic mass is 9.93. The van der Waals surface area contributed by atoms with Crippen LogP contribution in [0.5, 0.6) is 0 Å². The largest absolute Gasteiger partial charge is 0.479 e. The van der Waals surface area contributed by atoms with E-state index in [4.69, 9.17) is 44.3 Å². The van der Waals surface area contributed by atoms with Gasteiger partial charge in [0.15, 0.2) is 18.7 Å². The number of hydrogen-bond donors (Lipinski definition) is 10. The van der Waals surface area contributed by atoms with E-state index in [0.29, 0.717) is 0 Å². The summed E-state index contributed by atoms with van der Waals surface area (Å²) in [4.78, 5) is 12.1. The van der Waals surface area contributed by atoms with Crippen LogP contribution in [0.4, 0.5) is 0 Å². The van der Waals surface area contributed by atoms with E-state index >= 15 is 0 Å². The Kier molecular flexibility index (Phi) is 11.8. The Morgan fingerprint density at radius 1 is 0.698 bits per heavy atom. The van der Waals surface area contributed by atoms with Gasteiger partial charge in [-0.25, -0.2) is 13.2 Å². The summed E-state index contributed by atoms with van der Waals surface area (Å²) >= 11 is 0. The smallest absolute Gasteiger partial charge is 0.397 e. The van der Waals surface area contributed by atoms with Crippen molar-refractivity contribution in [3.63, 3.8) is 0 Å². The Hall–Kier alpha value is -1.27. The molecule has 3 rings (SSSR count). The number of aliphatic hydroxyl groups is 5. The molecular weight excluding hydrogens is 640 g/mol. The average Bonchev–Trinajstić information content (AvgIpc) is 2.89. The lowest BCUT2D eigenvalue weighted by molar-refractivity contribution is -0.354. The first-order chi connectivity index (χ1) is 19.7. The summed E-state index contributed by atoms with van der Waals surface area (Å²) in [6.07, 6.45) is -23.8. The van der Waals surface area contributed by atoms with E-state index in [-0.39, 0.29) is 0 Å². The molecule has 43 heavy (non-hydrogen) atoms. The molecule has 0 amide bonds. The third-order valence-electron chi connectivity index (χ3n) is 6.91. The van der Waals surface area contributed by atoms with E-state index < -0.39 is 132 Å². The summed E-state index contributed by atoms with van der Waals surface area (Å²) in [6, 6.07) is -2.81. The molecule has 0 bridgehead atoms. The van der Waals surface area contributed by atoms with Crippen molar-refractivity contribution in [2.24, 2.45) is 11.5 Å². The van der Waals surface area contributed by atoms with Crippen LogP contribution in [0.2, 0.25) is 0 Å². The fourth-order valence-corrected chi connectivity index (χ4v) is 5.20. The van der Waals surface area contributed by atoms with E-state index in [9.17, 15) is 52.3 Å². The average molecular weight is 675 g/mol. The maximum absolute atomic E-state index is 12.1. The number of ether oxygens (including phenoxy) is 5. The molecule has 6 unspecified atom stereocenters. The minimum atomic E-state index is -5.02. The molecule has 0 saturated carbocycles. The minimum Gasteiger partial charge on any atom is -0.479 e. The highest BCUT2D eigenvalue weighted by molar-refractivity contribution is 7.81. The standard InChI is InChI=1S/C19H34N2O20S2/c1-4-7(20)11(24)14(6(37-4)3-36-43(32,33)34)39-19-13(26)12(25)15(16(41-19)17(27)28)40-18-8(21)10(23)9(22)5(38-18)2-35-42(29,30)31/h4-16,18-19,22-26H,2-3,20-21H2,1H3,(H,27,28)(H,29,30,31)(H,32,33,34)/t4-,5?,6?,7?,8?,9-,10-,11-,12-,13?,14-,15+,16?,18-,19-/m1/s1. The van der Waals surface area contributed by atoms with E-state index in [1.165, 1.54) is 6.92 Å². The monoisotopic (exact) mass is 674 g/mol. The quantitative estimate of drug-likeness (QED) is 0.0910. The lowest BCUT2D eigenvalue weighted by Gasteiger charge is -2.47. The molecule has 3 aliphatic rings. The minimum absolute atomic E-state index is 0.905. The molecule has 3 heterocycles. The number of aliphatic hydroxyl groups excluding tert-OH is 5. The van der Waals surface area contributed by atoms with Crippen LogP contribution in [0.1, 0.15) is 6.92 Å². The molecule has 0 aliphatic carbocycles. The highest BCUT2D eigenvalue weighted by atomic mass is 32.3. The molecule has 3 saturated heterocycles. The molecule has 3 aliphatic heterocycles. The highest BCUT2D eigenvalue weighted by Gasteiger charge is 2.54. The highest BCUT2D eigenvalue weighted by Crippen LogP contribution is 2.32. The van der Waals surface area contributed by atoms with Gasteiger partial charge in [-0.1, -0.05) is 0 Å². The summed E-state index contributed by atoms with van der Waals surface area (Å²) < 4.78 is 96.9. The van der Waals surface area contributed by atoms with Crippen LogP contribution in [0.15, 0.2) is 0 Å². The number of carboxylic acids is 1. The number of carbonyl (C=O) groups is 1. The first-order valence-corrected chi connectivity index (χ1v) is 15.1. The van der Waals surface area contributed by atoms with Crippen molar-refractivity contribution in [2.45, 2.75) is 98.7 Å². The summed E-state index contributed by atoms with van der Waals surface area (Å²) in [5.41, 5.74) is 11.7. The van der Waals surface area contributed by atoms with Gasteiger partial charge in [0.2, 0.25) is 0 Å². The molecule has 252 valence electrons. The van der Waals surface area contributed by atoms with Gasteiger partial charge in [0.05, 0.1) is 31.4 Å². The van der Waals surface area contributed by atoms with Crippen LogP contribution >= 0.6 is 0 Å². The van der Waals surface area contributed by atoms with Crippen LogP contribution in [-0.4, -0.2) is 168 Å². The first kappa shape index (κ1) is 36.2. The second-order valence-corrected chi connectivity index (χ2v) is 12.1. The third-order valence-corrected chi connectivity index (χ3v) is 7.78. The number of nitrogens with two attached hydrogens (primary N) is 2. The second-order valence-electron chi connectivity index (χ2n) is 9.92. The topological polar surface area (TPSA) is 364 Å². The van der Waals surface area contributed by atoms with Crippen molar-refractivity contribution in [3.05, 3.63) is 0 Å². The van der Waals surface area contributed by atoms with E-state index in [1.54, 1.807) is 0 Å². The van der Waals surface area contributed by atoms with Gasteiger partial charge in [-0.05, 0) is 6.92 Å². The maximum Gasteiger partial charge on any atom is 0.397 e. The van der Waals surface area contributed by atoms with E-state index in [1.807, 2.05) is 0 Å². The van der Waals surface area contributed by atoms with Crippen LogP contribution in [0, 0.1) is 0 Å². The van der Waals surface area contributed by atoms with Crippen molar-refractivity contribution in [1.29, 1.82) is 0 Å². The molecular formula is C19H34N2O20S2. The van der Waals surface area contributed by atoms with Gasteiger partial charge >= 0.3 is 26.8 Å². The Labute approximate surface area is 243 Å². The predicted molar refractivity (Wildman–Crippen MR) is 130 cm³/mol. The zero-order valence-corrected chi connectivity index (χ0v) is 23.7. The van der Waals surface area contributed by atoms with Crippen molar-refractivity contribution in [3.8, 4) is 0 Å². The Morgan fingerprint density at radius 3 is 1.77 bits per heavy atom. The summed E-state index contributed by atoms with van der Waals surface area (Å²) in [5, 5.41) is 62.3. The normalized spacial score (nSPS) is 44.7. The van der Waals surface area contributed by atoms with Crippen LogP contribution in [0.25, 0.3) is 0 Å². The molecule has 22 nitrogen and oxygen atoms in total. The van der Waals surface area contributed by atoms with Gasteiger partial charge in [-0.2, -0.15) is 16.8 Å². The van der Waals surface area contributed by atoms with Gasteiger partial charge in [0.25, 0.3) is 0 Å². The number of rotatable bonds is 11. The predicted octanol–water partition coefficient (Wildman–Crippen LogP) is -6.82. The lowest BCUT2D eigenvalue weighted by Crippen LogP contribution is -2.68. The van der Waals surface area contributed by atoms with Gasteiger partial charge in [0, 0.05) is 0 Å². The van der Waals surface area contributed by atoms with Crippen molar-refractivity contribution >= 4 is 26.8 Å². The Morgan fingerprint density at radius 2 is 1.23 bits per heavy atom. The molecule has 12 N–H and O–H groups in total. The Bertz CT molecular complexity index is 1170. The maximum atomic E-state index is 12.1. The molecule has 0 aromatic carbocycles. The third kappa shape index (κ3) is 8.93. The second kappa shape index (κ2) is 14.0. The molecule has 24 heteroatoms. The zero-order valence-electron chi connectivity index (χ0n) is 22.0. The number of aliphatic carboxylic acids is 1. The van der Waals surface area contributed by atoms with Gasteiger partial charge in [-0.15, -0.1) is 0 Å². The van der Waals surface area contributed by atoms with E-state index in [0.717, 1.165) is 0 Å². The zero-order chi connectivity index (χ0) is 32.6. The van der Waals surface area contributed by atoms with Crippen molar-refractivity contribution in [1.82, 2.24) is 0 Å². The summed E-state index contributed by atoms with van der Waals surface area (Å²) in [6.45, 7) is -0.566. The fourth-order valence-electron chi connectivity index (χ4n) is 4.59.